The first-order valence-corrected chi connectivity index (χ1v) is 12.0. The first-order valence-electron chi connectivity index (χ1n) is 11.1. The number of amides is 2. The summed E-state index contributed by atoms with van der Waals surface area (Å²) < 4.78 is 7.21. The fourth-order valence-corrected chi connectivity index (χ4v) is 5.24. The van der Waals surface area contributed by atoms with E-state index in [2.05, 4.69) is 16.1 Å². The smallest absolute Gasteiger partial charge is 0.254 e. The molecule has 32 heavy (non-hydrogen) atoms. The van der Waals surface area contributed by atoms with E-state index in [0.29, 0.717) is 64.3 Å². The van der Waals surface area contributed by atoms with E-state index in [4.69, 9.17) is 4.74 Å². The lowest BCUT2D eigenvalue weighted by Crippen LogP contribution is -2.47. The molecule has 0 radical (unpaired) electrons. The van der Waals surface area contributed by atoms with Crippen molar-refractivity contribution in [3.05, 3.63) is 45.9 Å². The van der Waals surface area contributed by atoms with Gasteiger partial charge in [0.05, 0.1) is 36.9 Å². The lowest BCUT2D eigenvalue weighted by molar-refractivity contribution is -0.141. The van der Waals surface area contributed by atoms with Crippen molar-refractivity contribution in [3.63, 3.8) is 0 Å². The summed E-state index contributed by atoms with van der Waals surface area (Å²) in [5, 5.41) is 7.34. The molecule has 3 aromatic heterocycles. The van der Waals surface area contributed by atoms with Crippen molar-refractivity contribution < 1.29 is 14.3 Å². The number of thiophene rings is 1. The van der Waals surface area contributed by atoms with Crippen LogP contribution in [0.5, 0.6) is 0 Å². The Morgan fingerprint density at radius 3 is 2.66 bits per heavy atom. The van der Waals surface area contributed by atoms with Crippen LogP contribution in [0.1, 0.15) is 33.8 Å². The van der Waals surface area contributed by atoms with Crippen LogP contribution in [0.2, 0.25) is 0 Å². The van der Waals surface area contributed by atoms with Crippen LogP contribution in [-0.4, -0.2) is 75.8 Å². The predicted octanol–water partition coefficient (Wildman–Crippen LogP) is 2.56. The van der Waals surface area contributed by atoms with Gasteiger partial charge < -0.3 is 14.5 Å². The van der Waals surface area contributed by atoms with E-state index in [1.54, 1.807) is 17.5 Å². The van der Waals surface area contributed by atoms with E-state index in [0.717, 1.165) is 16.7 Å². The second-order valence-electron chi connectivity index (χ2n) is 8.43. The van der Waals surface area contributed by atoms with Gasteiger partial charge in [0.1, 0.15) is 0 Å². The zero-order chi connectivity index (χ0) is 22.1. The van der Waals surface area contributed by atoms with E-state index in [1.807, 2.05) is 38.9 Å². The highest BCUT2D eigenvalue weighted by Crippen LogP contribution is 2.25. The molecule has 2 aliphatic heterocycles. The highest BCUT2D eigenvalue weighted by atomic mass is 32.1. The first-order chi connectivity index (χ1) is 15.6. The number of carbonyl (C=O) groups is 2. The largest absolute Gasteiger partial charge is 0.378 e. The van der Waals surface area contributed by atoms with Crippen molar-refractivity contribution in [2.75, 3.05) is 39.4 Å². The van der Waals surface area contributed by atoms with Gasteiger partial charge in [0.25, 0.3) is 5.91 Å². The van der Waals surface area contributed by atoms with Gasteiger partial charge in [-0.2, -0.15) is 5.10 Å². The molecule has 2 fully saturated rings. The van der Waals surface area contributed by atoms with Crippen molar-refractivity contribution in [1.82, 2.24) is 24.6 Å². The molecule has 2 aliphatic rings. The second-order valence-corrected chi connectivity index (χ2v) is 9.47. The monoisotopic (exact) mass is 453 g/mol. The molecule has 2 saturated heterocycles. The van der Waals surface area contributed by atoms with Crippen LogP contribution in [0.15, 0.2) is 29.8 Å². The number of hydrogen-bond acceptors (Lipinski definition) is 6. The standard InChI is InChI=1S/C23H27N5O3S/c1-16-13-19(20-14-24-28(21(20)25-16)15-18-3-2-12-32-18)23(30)26-6-4-17(5-7-26)22(29)27-8-10-31-11-9-27/h2-3,12-14,17H,4-11,15H2,1H3. The van der Waals surface area contributed by atoms with Crippen LogP contribution in [-0.2, 0) is 16.1 Å². The summed E-state index contributed by atoms with van der Waals surface area (Å²) in [6.07, 6.45) is 3.15. The third kappa shape index (κ3) is 4.14. The Kier molecular flexibility index (Phi) is 5.93. The molecule has 8 nitrogen and oxygen atoms in total. The van der Waals surface area contributed by atoms with Gasteiger partial charge in [-0.05, 0) is 37.3 Å². The first kappa shape index (κ1) is 21.1. The van der Waals surface area contributed by atoms with Gasteiger partial charge in [-0.15, -0.1) is 11.3 Å². The van der Waals surface area contributed by atoms with E-state index in [-0.39, 0.29) is 17.7 Å². The summed E-state index contributed by atoms with van der Waals surface area (Å²) in [5.74, 6) is 0.190. The van der Waals surface area contributed by atoms with Gasteiger partial charge in [0.2, 0.25) is 5.91 Å². The fourth-order valence-electron chi connectivity index (χ4n) is 4.56. The summed E-state index contributed by atoms with van der Waals surface area (Å²) in [6.45, 7) is 6.29. The van der Waals surface area contributed by atoms with Gasteiger partial charge in [-0.1, -0.05) is 6.07 Å². The highest BCUT2D eigenvalue weighted by molar-refractivity contribution is 7.09. The van der Waals surface area contributed by atoms with Crippen LogP contribution in [0.25, 0.3) is 11.0 Å². The molecule has 0 N–H and O–H groups in total. The van der Waals surface area contributed by atoms with Crippen molar-refractivity contribution in [2.24, 2.45) is 5.92 Å². The van der Waals surface area contributed by atoms with Gasteiger partial charge in [0, 0.05) is 42.7 Å². The SMILES string of the molecule is Cc1cc(C(=O)N2CCC(C(=O)N3CCOCC3)CC2)c2cnn(Cc3cccs3)c2n1. The molecule has 0 bridgehead atoms. The van der Waals surface area contributed by atoms with Crippen LogP contribution >= 0.6 is 11.3 Å². The maximum absolute atomic E-state index is 13.4. The molecule has 0 aliphatic carbocycles. The predicted molar refractivity (Wildman–Crippen MR) is 122 cm³/mol. The third-order valence-electron chi connectivity index (χ3n) is 6.31. The Balaban J connectivity index is 1.31. The molecule has 5 heterocycles. The summed E-state index contributed by atoms with van der Waals surface area (Å²) in [7, 11) is 0. The number of rotatable bonds is 4. The lowest BCUT2D eigenvalue weighted by atomic mass is 9.94. The van der Waals surface area contributed by atoms with Gasteiger partial charge in [-0.3, -0.25) is 9.59 Å². The molecular formula is C23H27N5O3S. The number of hydrogen-bond donors (Lipinski definition) is 0. The molecule has 9 heteroatoms. The average molecular weight is 454 g/mol. The molecule has 168 valence electrons. The van der Waals surface area contributed by atoms with Crippen molar-refractivity contribution in [1.29, 1.82) is 0 Å². The Labute approximate surface area is 190 Å². The fraction of sp³-hybridized carbons (Fsp3) is 0.478. The van der Waals surface area contributed by atoms with Crippen molar-refractivity contribution >= 4 is 34.2 Å². The average Bonchev–Trinajstić information content (AvgIpc) is 3.49. The third-order valence-corrected chi connectivity index (χ3v) is 7.17. The Bertz CT molecular complexity index is 1110. The van der Waals surface area contributed by atoms with Crippen molar-refractivity contribution in [3.8, 4) is 0 Å². The Hall–Kier alpha value is -2.78. The molecular weight excluding hydrogens is 426 g/mol. The minimum atomic E-state index is -0.00936. The number of aryl methyl sites for hydroxylation is 1. The molecule has 5 rings (SSSR count). The Morgan fingerprint density at radius 1 is 1.16 bits per heavy atom. The molecule has 2 amide bonds. The number of fused-ring (bicyclic) bond motifs is 1. The summed E-state index contributed by atoms with van der Waals surface area (Å²) in [6, 6.07) is 5.95. The minimum absolute atomic E-state index is 0.00607. The summed E-state index contributed by atoms with van der Waals surface area (Å²) in [4.78, 5) is 35.9. The highest BCUT2D eigenvalue weighted by Gasteiger charge is 2.32. The zero-order valence-electron chi connectivity index (χ0n) is 18.2. The number of likely N-dealkylation sites (tertiary alicyclic amines) is 1. The molecule has 0 atom stereocenters. The number of aromatic nitrogens is 3. The number of carbonyl (C=O) groups excluding carboxylic acids is 2. The van der Waals surface area contributed by atoms with Crippen LogP contribution in [0, 0.1) is 12.8 Å². The summed E-state index contributed by atoms with van der Waals surface area (Å²) >= 11 is 1.68. The number of pyridine rings is 1. The molecule has 0 aromatic carbocycles. The van der Waals surface area contributed by atoms with Gasteiger partial charge in [0.15, 0.2) is 5.65 Å². The van der Waals surface area contributed by atoms with Crippen LogP contribution < -0.4 is 0 Å². The number of morpholine rings is 1. The van der Waals surface area contributed by atoms with Crippen molar-refractivity contribution in [2.45, 2.75) is 26.3 Å². The number of ether oxygens (including phenoxy) is 1. The van der Waals surface area contributed by atoms with Gasteiger partial charge in [-0.25, -0.2) is 9.67 Å². The molecule has 0 unspecified atom stereocenters. The van der Waals surface area contributed by atoms with E-state index < -0.39 is 0 Å². The maximum Gasteiger partial charge on any atom is 0.254 e. The molecule has 3 aromatic rings. The van der Waals surface area contributed by atoms with Crippen LogP contribution in [0.3, 0.4) is 0 Å². The zero-order valence-corrected chi connectivity index (χ0v) is 19.0. The Morgan fingerprint density at radius 2 is 1.94 bits per heavy atom. The second kappa shape index (κ2) is 8.99. The quantitative estimate of drug-likeness (QED) is 0.607. The topological polar surface area (TPSA) is 80.6 Å². The maximum atomic E-state index is 13.4. The lowest BCUT2D eigenvalue weighted by Gasteiger charge is -2.35. The van der Waals surface area contributed by atoms with E-state index in [1.165, 1.54) is 4.88 Å². The minimum Gasteiger partial charge on any atom is -0.378 e. The van der Waals surface area contributed by atoms with E-state index in [9.17, 15) is 9.59 Å². The number of nitrogens with zero attached hydrogens (tertiary/aromatic N) is 5. The molecule has 0 saturated carbocycles. The summed E-state index contributed by atoms with van der Waals surface area (Å²) in [5.41, 5.74) is 2.17. The number of piperidine rings is 1. The normalized spacial score (nSPS) is 17.8. The van der Waals surface area contributed by atoms with E-state index >= 15 is 0 Å². The van der Waals surface area contributed by atoms with Gasteiger partial charge >= 0.3 is 0 Å². The molecule has 0 spiro atoms. The van der Waals surface area contributed by atoms with Crippen LogP contribution in [0.4, 0.5) is 0 Å².